The van der Waals surface area contributed by atoms with Gasteiger partial charge in [0.15, 0.2) is 0 Å². The number of benzene rings is 1. The Bertz CT molecular complexity index is 1570. The molecule has 6 aliphatic rings. The van der Waals surface area contributed by atoms with Crippen molar-refractivity contribution in [2.75, 3.05) is 6.54 Å². The van der Waals surface area contributed by atoms with E-state index in [9.17, 15) is 19.2 Å². The quantitative estimate of drug-likeness (QED) is 0.118. The molecule has 1 aromatic carbocycles. The normalized spacial score (nSPS) is 27.3. The van der Waals surface area contributed by atoms with Gasteiger partial charge in [0.2, 0.25) is 11.8 Å². The summed E-state index contributed by atoms with van der Waals surface area (Å²) in [6.45, 7) is 18.3. The van der Waals surface area contributed by atoms with Crippen LogP contribution in [0.25, 0.3) is 0 Å². The van der Waals surface area contributed by atoms with Gasteiger partial charge in [0.25, 0.3) is 0 Å². The van der Waals surface area contributed by atoms with Crippen LogP contribution in [0.2, 0.25) is 0 Å². The molecule has 0 radical (unpaired) electrons. The van der Waals surface area contributed by atoms with Gasteiger partial charge >= 0.3 is 19.3 Å². The van der Waals surface area contributed by atoms with Gasteiger partial charge in [-0.1, -0.05) is 69.5 Å². The van der Waals surface area contributed by atoms with Gasteiger partial charge in [-0.25, -0.2) is 9.59 Å². The minimum atomic E-state index is -1.05. The third kappa shape index (κ3) is 9.42. The third-order valence-corrected chi connectivity index (χ3v) is 12.4. The van der Waals surface area contributed by atoms with Crippen molar-refractivity contribution in [2.45, 2.75) is 154 Å². The van der Waals surface area contributed by atoms with Gasteiger partial charge < -0.3 is 34.3 Å². The lowest BCUT2D eigenvalue weighted by Crippen LogP contribution is -2.59. The SMILES string of the molecule is C=CCCCCCC[C@@H](NC(=O)[C@@H]1C[C@@H](OC(=O)N2Cc3ccccc3C2)CN1C(=O)[C@H](CC=C)NC(=O)OC(C)(C)C)B1OC2CC3CC(C2O1)C3(C)C. The zero-order valence-electron chi connectivity index (χ0n) is 33.4. The van der Waals surface area contributed by atoms with E-state index < -0.39 is 54.9 Å². The summed E-state index contributed by atoms with van der Waals surface area (Å²) in [5.41, 5.74) is 1.54. The fourth-order valence-electron chi connectivity index (χ4n) is 9.21. The van der Waals surface area contributed by atoms with Crippen LogP contribution in [0, 0.1) is 17.3 Å². The van der Waals surface area contributed by atoms with Gasteiger partial charge in [-0.3, -0.25) is 14.5 Å². The number of ether oxygens (including phenoxy) is 2. The van der Waals surface area contributed by atoms with Crippen molar-refractivity contribution in [1.29, 1.82) is 0 Å². The van der Waals surface area contributed by atoms with E-state index in [1.807, 2.05) is 30.3 Å². The molecule has 4 amide bonds. The highest BCUT2D eigenvalue weighted by atomic mass is 16.7. The van der Waals surface area contributed by atoms with Crippen LogP contribution < -0.4 is 10.6 Å². The Labute approximate surface area is 327 Å². The molecule has 0 spiro atoms. The van der Waals surface area contributed by atoms with Crippen molar-refractivity contribution in [1.82, 2.24) is 20.4 Å². The van der Waals surface area contributed by atoms with Crippen LogP contribution in [-0.2, 0) is 41.5 Å². The van der Waals surface area contributed by atoms with Crippen LogP contribution in [0.3, 0.4) is 0 Å². The van der Waals surface area contributed by atoms with Crippen LogP contribution in [0.5, 0.6) is 0 Å². The monoisotopic (exact) mass is 760 g/mol. The lowest BCUT2D eigenvalue weighted by atomic mass is 9.47. The zero-order valence-corrected chi connectivity index (χ0v) is 33.4. The first kappa shape index (κ1) is 40.8. The number of carbonyl (C=O) groups excluding carboxylic acids is 4. The van der Waals surface area contributed by atoms with Gasteiger partial charge in [0, 0.05) is 19.5 Å². The summed E-state index contributed by atoms with van der Waals surface area (Å²) < 4.78 is 24.7. The number of fused-ring (bicyclic) bond motifs is 1. The highest BCUT2D eigenvalue weighted by Crippen LogP contribution is 2.61. The molecule has 3 aliphatic carbocycles. The van der Waals surface area contributed by atoms with E-state index in [4.69, 9.17) is 18.8 Å². The molecule has 4 unspecified atom stereocenters. The van der Waals surface area contributed by atoms with Gasteiger partial charge in [-0.05, 0) is 87.7 Å². The molecule has 3 saturated carbocycles. The van der Waals surface area contributed by atoms with E-state index in [0.717, 1.165) is 56.1 Å². The number of unbranched alkanes of at least 4 members (excludes halogenated alkanes) is 4. The Morgan fingerprint density at radius 3 is 2.35 bits per heavy atom. The maximum atomic E-state index is 14.5. The number of nitrogens with zero attached hydrogens (tertiary/aromatic N) is 2. The first-order chi connectivity index (χ1) is 26.2. The molecule has 3 heterocycles. The fourth-order valence-corrected chi connectivity index (χ4v) is 9.21. The zero-order chi connectivity index (χ0) is 39.5. The average Bonchev–Trinajstić information content (AvgIpc) is 3.88. The summed E-state index contributed by atoms with van der Waals surface area (Å²) in [7, 11) is -0.611. The summed E-state index contributed by atoms with van der Waals surface area (Å²) in [5, 5.41) is 5.93. The molecule has 0 aromatic heterocycles. The molecule has 2 N–H and O–H groups in total. The summed E-state index contributed by atoms with van der Waals surface area (Å²) in [6.07, 6.45) is 9.33. The number of nitrogens with one attached hydrogen (secondary N) is 2. The minimum Gasteiger partial charge on any atom is -0.444 e. The lowest BCUT2D eigenvalue weighted by Gasteiger charge is -2.60. The van der Waals surface area contributed by atoms with Crippen LogP contribution in [0.4, 0.5) is 9.59 Å². The topological polar surface area (TPSA) is 136 Å². The van der Waals surface area contributed by atoms with E-state index in [1.54, 1.807) is 31.7 Å². The van der Waals surface area contributed by atoms with Crippen molar-refractivity contribution in [3.8, 4) is 0 Å². The van der Waals surface area contributed by atoms with Crippen molar-refractivity contribution >= 4 is 31.1 Å². The number of hydrogen-bond donors (Lipinski definition) is 2. The molecule has 8 atom stereocenters. The Balaban J connectivity index is 1.19. The molecule has 3 aliphatic heterocycles. The number of likely N-dealkylation sites (tertiary alicyclic amines) is 1. The van der Waals surface area contributed by atoms with E-state index >= 15 is 0 Å². The van der Waals surface area contributed by atoms with Gasteiger partial charge in [-0.2, -0.15) is 0 Å². The number of hydrogen-bond acceptors (Lipinski definition) is 8. The van der Waals surface area contributed by atoms with Gasteiger partial charge in [-0.15, -0.1) is 13.2 Å². The number of carbonyl (C=O) groups is 4. The molecule has 2 bridgehead atoms. The Kier molecular flexibility index (Phi) is 12.7. The van der Waals surface area contributed by atoms with Crippen molar-refractivity contribution in [2.24, 2.45) is 17.3 Å². The summed E-state index contributed by atoms with van der Waals surface area (Å²) >= 11 is 0. The van der Waals surface area contributed by atoms with Gasteiger partial charge in [0.05, 0.1) is 24.7 Å². The molecule has 5 fully saturated rings. The van der Waals surface area contributed by atoms with Crippen LogP contribution in [-0.4, -0.2) is 89.4 Å². The Morgan fingerprint density at radius 1 is 0.982 bits per heavy atom. The minimum absolute atomic E-state index is 0.00238. The molecular formula is C42H61BN4O8. The van der Waals surface area contributed by atoms with Crippen molar-refractivity contribution < 1.29 is 38.0 Å². The second kappa shape index (κ2) is 17.1. The number of alkyl carbamates (subject to hydrolysis) is 1. The fraction of sp³-hybridized carbons (Fsp3) is 0.667. The van der Waals surface area contributed by atoms with Crippen molar-refractivity contribution in [3.05, 3.63) is 60.7 Å². The standard InChI is InChI=1S/C42H61BN4O8/c1-8-10-11-12-13-14-20-35(43-54-34-22-29-21-31(36(34)55-43)42(29,6)7)45-37(48)33-23-30(52-40(51)46-24-27-18-15-16-19-28(27)25-46)26-47(33)38(49)32(17-9-2)44-39(50)53-41(3,4)5/h8-9,15-16,18-19,29-36H,1-2,10-14,17,20-26H2,3-7H3,(H,44,50)(H,45,48)/t29?,30-,31?,32+,33+,34?,35-,36?/m1/s1. The molecular weight excluding hydrogens is 699 g/mol. The Morgan fingerprint density at radius 2 is 1.69 bits per heavy atom. The molecule has 55 heavy (non-hydrogen) atoms. The summed E-state index contributed by atoms with van der Waals surface area (Å²) in [4.78, 5) is 58.2. The molecule has 7 rings (SSSR count). The van der Waals surface area contributed by atoms with Crippen LogP contribution in [0.15, 0.2) is 49.6 Å². The molecule has 13 heteroatoms. The lowest BCUT2D eigenvalue weighted by molar-refractivity contribution is -0.150. The first-order valence-corrected chi connectivity index (χ1v) is 20.3. The third-order valence-electron chi connectivity index (χ3n) is 12.4. The second-order valence-electron chi connectivity index (χ2n) is 17.7. The van der Waals surface area contributed by atoms with E-state index in [0.29, 0.717) is 31.3 Å². The predicted octanol–water partition coefficient (Wildman–Crippen LogP) is 6.47. The molecule has 300 valence electrons. The summed E-state index contributed by atoms with van der Waals surface area (Å²) in [5.74, 6) is -0.290. The average molecular weight is 761 g/mol. The smallest absolute Gasteiger partial charge is 0.444 e. The second-order valence-corrected chi connectivity index (χ2v) is 17.7. The highest BCUT2D eigenvalue weighted by molar-refractivity contribution is 6.47. The maximum Gasteiger partial charge on any atom is 0.481 e. The van der Waals surface area contributed by atoms with Crippen LogP contribution >= 0.6 is 0 Å². The highest BCUT2D eigenvalue weighted by Gasteiger charge is 2.63. The van der Waals surface area contributed by atoms with E-state index in [-0.39, 0.29) is 42.9 Å². The van der Waals surface area contributed by atoms with Crippen molar-refractivity contribution in [3.63, 3.8) is 0 Å². The first-order valence-electron chi connectivity index (χ1n) is 20.3. The van der Waals surface area contributed by atoms with Gasteiger partial charge in [0.1, 0.15) is 23.8 Å². The number of amides is 4. The Hall–Kier alpha value is -3.84. The summed E-state index contributed by atoms with van der Waals surface area (Å²) in [6, 6.07) is 5.85. The largest absolute Gasteiger partial charge is 0.481 e. The van der Waals surface area contributed by atoms with E-state index in [2.05, 4.69) is 37.6 Å². The molecule has 1 aromatic rings. The molecule has 2 saturated heterocycles. The number of allylic oxidation sites excluding steroid dienone is 1. The molecule has 12 nitrogen and oxygen atoms in total. The van der Waals surface area contributed by atoms with E-state index in [1.165, 1.54) is 4.90 Å². The number of rotatable bonds is 15. The van der Waals surface area contributed by atoms with Crippen LogP contribution in [0.1, 0.15) is 110 Å². The maximum absolute atomic E-state index is 14.5. The predicted molar refractivity (Wildman–Crippen MR) is 209 cm³/mol.